The van der Waals surface area contributed by atoms with Crippen LogP contribution in [0.15, 0.2) is 16.7 Å². The molecule has 1 amide bonds. The van der Waals surface area contributed by atoms with Gasteiger partial charge in [-0.15, -0.1) is 11.3 Å². The number of amides is 1. The lowest BCUT2D eigenvalue weighted by Crippen LogP contribution is -2.38. The van der Waals surface area contributed by atoms with Gasteiger partial charge in [-0.1, -0.05) is 5.16 Å². The number of fused-ring (bicyclic) bond motifs is 2. The van der Waals surface area contributed by atoms with Gasteiger partial charge in [0.15, 0.2) is 5.69 Å². The molecule has 3 aliphatic rings. The minimum atomic E-state index is -0.653. The zero-order valence-electron chi connectivity index (χ0n) is 28.1. The highest BCUT2D eigenvalue weighted by atomic mass is 32.1. The number of likely N-dealkylation sites (tertiary alicyclic amines) is 1. The fourth-order valence-corrected chi connectivity index (χ4v) is 8.56. The summed E-state index contributed by atoms with van der Waals surface area (Å²) in [5, 5.41) is 19.5. The Bertz CT molecular complexity index is 1890. The number of carbonyl (C=O) groups excluding carboxylic acids is 1. The molecule has 14 nitrogen and oxygen atoms in total. The maximum Gasteiger partial charge on any atom is 0.319 e. The highest BCUT2D eigenvalue weighted by Gasteiger charge is 2.43. The molecule has 48 heavy (non-hydrogen) atoms. The number of nitrogens with two attached hydrogens (primary N) is 1. The van der Waals surface area contributed by atoms with Gasteiger partial charge in [0, 0.05) is 49.7 Å². The van der Waals surface area contributed by atoms with Crippen molar-refractivity contribution in [3.8, 4) is 23.6 Å². The summed E-state index contributed by atoms with van der Waals surface area (Å²) >= 11 is 1.47. The average molecular weight is 672 g/mol. The van der Waals surface area contributed by atoms with E-state index in [4.69, 9.17) is 29.9 Å². The Morgan fingerprint density at radius 3 is 2.79 bits per heavy atom. The van der Waals surface area contributed by atoms with E-state index in [0.717, 1.165) is 61.2 Å². The molecule has 1 aliphatic carbocycles. The van der Waals surface area contributed by atoms with Gasteiger partial charge in [0.25, 0.3) is 5.91 Å². The van der Waals surface area contributed by atoms with Crippen molar-refractivity contribution in [2.24, 2.45) is 0 Å². The molecular weight excluding hydrogens is 631 g/mol. The Morgan fingerprint density at radius 1 is 1.21 bits per heavy atom. The summed E-state index contributed by atoms with van der Waals surface area (Å²) in [4.78, 5) is 34.4. The van der Waals surface area contributed by atoms with E-state index >= 15 is 0 Å². The molecule has 0 aromatic carbocycles. The molecule has 4 aromatic heterocycles. The van der Waals surface area contributed by atoms with Crippen LogP contribution < -0.4 is 15.4 Å². The molecule has 0 saturated carbocycles. The number of rotatable bonds is 7. The SMILES string of the molecule is C[C@H](Oc1nc(-c2noc(C3(C)CCCc4sc(N)c(C#N)c43)n2)cc(N2CCCn3nc(C(=O)N(C)C)cc3C2)n1)[C@@H]1CCCN1C. The number of carbonyl (C=O) groups is 1. The first-order valence-electron chi connectivity index (χ1n) is 16.5. The Kier molecular flexibility index (Phi) is 8.32. The molecule has 3 atom stereocenters. The van der Waals surface area contributed by atoms with Crippen molar-refractivity contribution >= 4 is 28.1 Å². The number of nitrogen functional groups attached to an aromatic ring is 1. The Morgan fingerprint density at radius 2 is 2.04 bits per heavy atom. The lowest BCUT2D eigenvalue weighted by atomic mass is 9.72. The number of aryl methyl sites for hydroxylation is 2. The van der Waals surface area contributed by atoms with Crippen LogP contribution in [0.4, 0.5) is 10.8 Å². The fraction of sp³-hybridized carbons (Fsp3) is 0.545. The van der Waals surface area contributed by atoms with Crippen LogP contribution in [0.5, 0.6) is 6.01 Å². The molecule has 0 radical (unpaired) electrons. The lowest BCUT2D eigenvalue weighted by Gasteiger charge is -2.30. The molecule has 2 aliphatic heterocycles. The maximum absolute atomic E-state index is 12.7. The van der Waals surface area contributed by atoms with Crippen molar-refractivity contribution < 1.29 is 14.1 Å². The fourth-order valence-electron chi connectivity index (χ4n) is 7.37. The molecule has 0 bridgehead atoms. The number of nitriles is 1. The van der Waals surface area contributed by atoms with Gasteiger partial charge in [0.05, 0.1) is 23.2 Å². The van der Waals surface area contributed by atoms with E-state index in [1.54, 1.807) is 14.1 Å². The molecule has 15 heteroatoms. The normalized spacial score (nSPS) is 21.7. The van der Waals surface area contributed by atoms with Crippen LogP contribution in [0.1, 0.15) is 84.0 Å². The van der Waals surface area contributed by atoms with Crippen LogP contribution in [0.3, 0.4) is 0 Å². The molecular formula is C33H41N11O3S. The van der Waals surface area contributed by atoms with Gasteiger partial charge in [-0.2, -0.15) is 25.3 Å². The Hall–Kier alpha value is -4.55. The minimum Gasteiger partial charge on any atom is -0.459 e. The number of hydrogen-bond donors (Lipinski definition) is 1. The third-order valence-corrected chi connectivity index (χ3v) is 11.0. The third kappa shape index (κ3) is 5.66. The van der Waals surface area contributed by atoms with Crippen molar-refractivity contribution in [3.63, 3.8) is 0 Å². The van der Waals surface area contributed by atoms with Crippen molar-refractivity contribution in [2.75, 3.05) is 44.9 Å². The standard InChI is InChI=1S/C33H41N11O3S/c1-19(24-9-7-12-42(24)5)46-32-36-22(16-26(37-32)43-13-8-14-44-20(18-43)15-23(39-44)30(45)41(3)4)29-38-31(47-40-29)33(2)11-6-10-25-27(33)21(17-34)28(35)48-25/h15-16,19,24H,6-14,18,35H2,1-5H3/t19-,24-,33?/m0/s1. The van der Waals surface area contributed by atoms with E-state index in [9.17, 15) is 10.1 Å². The molecule has 1 fully saturated rings. The number of aromatic nitrogens is 6. The number of anilines is 2. The summed E-state index contributed by atoms with van der Waals surface area (Å²) < 4.78 is 14.3. The van der Waals surface area contributed by atoms with Crippen LogP contribution in [-0.2, 0) is 24.9 Å². The number of ether oxygens (including phenoxy) is 1. The third-order valence-electron chi connectivity index (χ3n) is 9.95. The van der Waals surface area contributed by atoms with Crippen LogP contribution in [-0.4, -0.2) is 92.0 Å². The second-order valence-corrected chi connectivity index (χ2v) is 14.6. The van der Waals surface area contributed by atoms with Crippen LogP contribution >= 0.6 is 11.3 Å². The summed E-state index contributed by atoms with van der Waals surface area (Å²) in [7, 11) is 5.57. The molecule has 1 unspecified atom stereocenters. The van der Waals surface area contributed by atoms with Crippen molar-refractivity contribution in [3.05, 3.63) is 45.4 Å². The van der Waals surface area contributed by atoms with E-state index in [1.165, 1.54) is 16.2 Å². The van der Waals surface area contributed by atoms with Crippen LogP contribution in [0, 0.1) is 11.3 Å². The van der Waals surface area contributed by atoms with Crippen molar-refractivity contribution in [1.29, 1.82) is 5.26 Å². The zero-order valence-corrected chi connectivity index (χ0v) is 28.9. The predicted molar refractivity (Wildman–Crippen MR) is 180 cm³/mol. The molecule has 6 heterocycles. The van der Waals surface area contributed by atoms with E-state index in [2.05, 4.69) is 40.1 Å². The maximum atomic E-state index is 12.7. The van der Waals surface area contributed by atoms with Gasteiger partial charge in [-0.3, -0.25) is 14.4 Å². The molecule has 4 aromatic rings. The van der Waals surface area contributed by atoms with Crippen molar-refractivity contribution in [2.45, 2.75) is 83.0 Å². The van der Waals surface area contributed by atoms with E-state index in [0.29, 0.717) is 59.1 Å². The number of thiophene rings is 1. The first kappa shape index (κ1) is 32.0. The zero-order chi connectivity index (χ0) is 33.7. The van der Waals surface area contributed by atoms with E-state index in [1.807, 2.05) is 23.7 Å². The average Bonchev–Trinajstić information content (AvgIpc) is 3.85. The topological polar surface area (TPSA) is 168 Å². The van der Waals surface area contributed by atoms with Gasteiger partial charge in [-0.25, -0.2) is 0 Å². The monoisotopic (exact) mass is 671 g/mol. The molecule has 2 N–H and O–H groups in total. The first-order valence-corrected chi connectivity index (χ1v) is 17.3. The summed E-state index contributed by atoms with van der Waals surface area (Å²) in [5.41, 5.74) is 8.82. The lowest BCUT2D eigenvalue weighted by molar-refractivity contribution is 0.0821. The largest absolute Gasteiger partial charge is 0.459 e. The smallest absolute Gasteiger partial charge is 0.319 e. The highest BCUT2D eigenvalue weighted by Crippen LogP contribution is 2.48. The predicted octanol–water partition coefficient (Wildman–Crippen LogP) is 3.85. The Balaban J connectivity index is 1.25. The van der Waals surface area contributed by atoms with E-state index in [-0.39, 0.29) is 24.1 Å². The number of nitrogens with zero attached hydrogens (tertiary/aromatic N) is 10. The summed E-state index contributed by atoms with van der Waals surface area (Å²) in [6.45, 7) is 7.03. The summed E-state index contributed by atoms with van der Waals surface area (Å²) in [6.07, 6.45) is 5.37. The van der Waals surface area contributed by atoms with Gasteiger partial charge in [0.2, 0.25) is 11.7 Å². The second kappa shape index (κ2) is 12.5. The Labute approximate surface area is 283 Å². The van der Waals surface area contributed by atoms with Gasteiger partial charge in [-0.05, 0) is 72.0 Å². The quantitative estimate of drug-likeness (QED) is 0.302. The van der Waals surface area contributed by atoms with Crippen LogP contribution in [0.2, 0.25) is 0 Å². The molecule has 7 rings (SSSR count). The second-order valence-electron chi connectivity index (χ2n) is 13.5. The summed E-state index contributed by atoms with van der Waals surface area (Å²) in [5.74, 6) is 1.27. The molecule has 1 saturated heterocycles. The number of likely N-dealkylation sites (N-methyl/N-ethyl adjacent to an activating group) is 1. The van der Waals surface area contributed by atoms with Crippen molar-refractivity contribution in [1.82, 2.24) is 39.7 Å². The van der Waals surface area contributed by atoms with Crippen LogP contribution in [0.25, 0.3) is 11.5 Å². The highest BCUT2D eigenvalue weighted by molar-refractivity contribution is 7.16. The van der Waals surface area contributed by atoms with E-state index < -0.39 is 5.41 Å². The van der Waals surface area contributed by atoms with Gasteiger partial charge in [0.1, 0.15) is 28.7 Å². The van der Waals surface area contributed by atoms with Gasteiger partial charge >= 0.3 is 6.01 Å². The van der Waals surface area contributed by atoms with Gasteiger partial charge < -0.3 is 24.8 Å². The summed E-state index contributed by atoms with van der Waals surface area (Å²) in [6, 6.07) is 6.53. The first-order chi connectivity index (χ1) is 23.0. The molecule has 252 valence electrons. The minimum absolute atomic E-state index is 0.133. The number of hydrogen-bond acceptors (Lipinski definition) is 13. The molecule has 0 spiro atoms.